The number of amides is 1. The molecule has 0 aromatic heterocycles. The molecule has 3 atom stereocenters. The summed E-state index contributed by atoms with van der Waals surface area (Å²) >= 11 is 0. The van der Waals surface area contributed by atoms with Crippen LogP contribution in [0.3, 0.4) is 0 Å². The fourth-order valence-corrected chi connectivity index (χ4v) is 3.00. The molecule has 1 N–H and O–H groups in total. The van der Waals surface area contributed by atoms with Crippen molar-refractivity contribution < 1.29 is 45.9 Å². The Morgan fingerprint density at radius 3 is 2.33 bits per heavy atom. The van der Waals surface area contributed by atoms with Gasteiger partial charge in [-0.05, 0) is 18.6 Å². The molecule has 0 fully saturated rings. The van der Waals surface area contributed by atoms with E-state index in [1.807, 2.05) is 0 Å². The number of rotatable bonds is 13. The molecule has 0 bridgehead atoms. The summed E-state index contributed by atoms with van der Waals surface area (Å²) in [5.41, 5.74) is 0.714. The number of ether oxygens (including phenoxy) is 4. The number of nitrogens with one attached hydrogen (secondary N) is 1. The Balaban J connectivity index is 3.15. The van der Waals surface area contributed by atoms with E-state index in [0.29, 0.717) is 5.56 Å². The summed E-state index contributed by atoms with van der Waals surface area (Å²) in [6.45, 7) is 1.65. The Labute approximate surface area is 193 Å². The van der Waals surface area contributed by atoms with Crippen LogP contribution in [0.15, 0.2) is 42.5 Å². The number of benzene rings is 1. The molecule has 0 saturated carbocycles. The van der Waals surface area contributed by atoms with Gasteiger partial charge in [-0.15, -0.1) is 0 Å². The molecule has 1 rings (SSSR count). The summed E-state index contributed by atoms with van der Waals surface area (Å²) < 4.78 is 48.4. The zero-order valence-corrected chi connectivity index (χ0v) is 19.7. The molecule has 1 aromatic carbocycles. The van der Waals surface area contributed by atoms with Crippen molar-refractivity contribution in [2.24, 2.45) is 0 Å². The number of esters is 2. The second kappa shape index (κ2) is 14.2. The SMILES string of the molecule is C/C=C/[C@@H](OC(C)=O)[C@H](OC(=O)COC)[C@H](COS(C)(=O)=O)NC(=O)OCc1ccccc1. The smallest absolute Gasteiger partial charge is 0.407 e. The van der Waals surface area contributed by atoms with E-state index in [1.54, 1.807) is 37.3 Å². The van der Waals surface area contributed by atoms with Gasteiger partial charge >= 0.3 is 18.0 Å². The van der Waals surface area contributed by atoms with E-state index in [2.05, 4.69) is 5.32 Å². The highest BCUT2D eigenvalue weighted by Crippen LogP contribution is 2.15. The van der Waals surface area contributed by atoms with Gasteiger partial charge in [0.25, 0.3) is 10.1 Å². The Bertz CT molecular complexity index is 901. The van der Waals surface area contributed by atoms with Crippen molar-refractivity contribution in [1.29, 1.82) is 0 Å². The van der Waals surface area contributed by atoms with E-state index < -0.39 is 59.6 Å². The van der Waals surface area contributed by atoms with Crippen LogP contribution < -0.4 is 5.32 Å². The number of hydrogen-bond donors (Lipinski definition) is 1. The van der Waals surface area contributed by atoms with E-state index in [0.717, 1.165) is 13.2 Å². The molecule has 0 heterocycles. The van der Waals surface area contributed by atoms with E-state index in [4.69, 9.17) is 23.1 Å². The van der Waals surface area contributed by atoms with Crippen LogP contribution in [-0.2, 0) is 49.4 Å². The average Bonchev–Trinajstić information content (AvgIpc) is 2.73. The zero-order valence-electron chi connectivity index (χ0n) is 18.9. The molecule has 1 amide bonds. The van der Waals surface area contributed by atoms with Crippen LogP contribution in [-0.4, -0.2) is 71.3 Å². The number of allylic oxidation sites excluding steroid dienone is 1. The highest BCUT2D eigenvalue weighted by molar-refractivity contribution is 7.85. The van der Waals surface area contributed by atoms with Gasteiger partial charge in [-0.1, -0.05) is 36.4 Å². The fourth-order valence-electron chi connectivity index (χ4n) is 2.61. The van der Waals surface area contributed by atoms with Gasteiger partial charge in [0.05, 0.1) is 18.9 Å². The van der Waals surface area contributed by atoms with E-state index in [-0.39, 0.29) is 6.61 Å². The van der Waals surface area contributed by atoms with Crippen LogP contribution in [0.2, 0.25) is 0 Å². The lowest BCUT2D eigenvalue weighted by Crippen LogP contribution is -2.54. The van der Waals surface area contributed by atoms with Gasteiger partial charge in [0, 0.05) is 14.0 Å². The van der Waals surface area contributed by atoms with Crippen LogP contribution in [0, 0.1) is 0 Å². The molecule has 0 aliphatic heterocycles. The minimum atomic E-state index is -3.93. The maximum atomic E-state index is 12.4. The molecule has 12 heteroatoms. The molecule has 0 unspecified atom stereocenters. The molecule has 0 saturated heterocycles. The molecular weight excluding hydrogens is 458 g/mol. The molecule has 0 aliphatic carbocycles. The summed E-state index contributed by atoms with van der Waals surface area (Å²) in [5.74, 6) is -1.53. The van der Waals surface area contributed by atoms with E-state index >= 15 is 0 Å². The second-order valence-corrected chi connectivity index (χ2v) is 8.43. The molecule has 33 heavy (non-hydrogen) atoms. The van der Waals surface area contributed by atoms with Gasteiger partial charge in [0.15, 0.2) is 12.2 Å². The highest BCUT2D eigenvalue weighted by Gasteiger charge is 2.36. The van der Waals surface area contributed by atoms with Gasteiger partial charge in [-0.25, -0.2) is 9.59 Å². The average molecular weight is 488 g/mol. The van der Waals surface area contributed by atoms with Crippen LogP contribution in [0.25, 0.3) is 0 Å². The number of methoxy groups -OCH3 is 1. The Morgan fingerprint density at radius 1 is 1.12 bits per heavy atom. The first kappa shape index (κ1) is 28.1. The maximum absolute atomic E-state index is 12.4. The summed E-state index contributed by atoms with van der Waals surface area (Å²) in [7, 11) is -2.65. The Hall–Kier alpha value is -2.96. The second-order valence-electron chi connectivity index (χ2n) is 6.79. The predicted octanol–water partition coefficient (Wildman–Crippen LogP) is 1.32. The van der Waals surface area contributed by atoms with Crippen molar-refractivity contribution in [2.75, 3.05) is 26.6 Å². The molecule has 0 radical (unpaired) electrons. The monoisotopic (exact) mass is 487 g/mol. The molecule has 184 valence electrons. The summed E-state index contributed by atoms with van der Waals surface area (Å²) in [4.78, 5) is 36.2. The minimum absolute atomic E-state index is 0.0668. The first-order chi connectivity index (χ1) is 15.6. The van der Waals surface area contributed by atoms with Crippen molar-refractivity contribution in [2.45, 2.75) is 38.7 Å². The minimum Gasteiger partial charge on any atom is -0.454 e. The summed E-state index contributed by atoms with van der Waals surface area (Å²) in [6.07, 6.45) is 0.299. The van der Waals surface area contributed by atoms with E-state index in [1.165, 1.54) is 19.3 Å². The molecule has 11 nitrogen and oxygen atoms in total. The zero-order chi connectivity index (χ0) is 24.9. The lowest BCUT2D eigenvalue weighted by molar-refractivity contribution is -0.168. The van der Waals surface area contributed by atoms with Crippen LogP contribution >= 0.6 is 0 Å². The Kier molecular flexibility index (Phi) is 12.1. The van der Waals surface area contributed by atoms with Crippen molar-refractivity contribution in [3.8, 4) is 0 Å². The molecule has 0 aliphatic rings. The van der Waals surface area contributed by atoms with Gasteiger partial charge in [0.2, 0.25) is 0 Å². The first-order valence-corrected chi connectivity index (χ1v) is 11.7. The third-order valence-electron chi connectivity index (χ3n) is 3.91. The molecule has 1 aromatic rings. The standard InChI is InChI=1S/C21H29NO10S/c1-5-9-18(31-15(2)23)20(32-19(24)14-28-3)17(13-30-33(4,26)27)22-21(25)29-12-16-10-7-6-8-11-16/h5-11,17-18,20H,12-14H2,1-4H3,(H,22,25)/b9-5+/t17-,18+,20+/m0/s1. The van der Waals surface area contributed by atoms with Crippen molar-refractivity contribution >= 4 is 28.1 Å². The van der Waals surface area contributed by atoms with Crippen molar-refractivity contribution in [3.05, 3.63) is 48.0 Å². The van der Waals surface area contributed by atoms with Gasteiger partial charge in [-0.2, -0.15) is 8.42 Å². The van der Waals surface area contributed by atoms with Crippen LogP contribution in [0.4, 0.5) is 4.79 Å². The maximum Gasteiger partial charge on any atom is 0.407 e. The Morgan fingerprint density at radius 2 is 1.79 bits per heavy atom. The summed E-state index contributed by atoms with van der Waals surface area (Å²) in [6, 6.07) is 7.56. The van der Waals surface area contributed by atoms with Gasteiger partial charge in [0.1, 0.15) is 13.2 Å². The van der Waals surface area contributed by atoms with E-state index in [9.17, 15) is 22.8 Å². The topological polar surface area (TPSA) is 144 Å². The molecule has 0 spiro atoms. The lowest BCUT2D eigenvalue weighted by atomic mass is 10.0. The first-order valence-electron chi connectivity index (χ1n) is 9.85. The van der Waals surface area contributed by atoms with Crippen LogP contribution in [0.1, 0.15) is 19.4 Å². The number of hydrogen-bond acceptors (Lipinski definition) is 10. The largest absolute Gasteiger partial charge is 0.454 e. The quantitative estimate of drug-likeness (QED) is 0.187. The number of carbonyl (C=O) groups excluding carboxylic acids is 3. The third kappa shape index (κ3) is 12.0. The summed E-state index contributed by atoms with van der Waals surface area (Å²) in [5, 5.41) is 2.43. The fraction of sp³-hybridized carbons (Fsp3) is 0.476. The lowest BCUT2D eigenvalue weighted by Gasteiger charge is -2.31. The predicted molar refractivity (Wildman–Crippen MR) is 116 cm³/mol. The normalized spacial score (nSPS) is 14.2. The van der Waals surface area contributed by atoms with Crippen LogP contribution in [0.5, 0.6) is 0 Å². The van der Waals surface area contributed by atoms with Gasteiger partial charge in [-0.3, -0.25) is 8.98 Å². The van der Waals surface area contributed by atoms with Gasteiger partial charge < -0.3 is 24.3 Å². The van der Waals surface area contributed by atoms with Crippen molar-refractivity contribution in [3.63, 3.8) is 0 Å². The number of carbonyl (C=O) groups is 3. The number of alkyl carbamates (subject to hydrolysis) is 1. The highest BCUT2D eigenvalue weighted by atomic mass is 32.2. The third-order valence-corrected chi connectivity index (χ3v) is 4.48. The molecular formula is C21H29NO10S. The van der Waals surface area contributed by atoms with Crippen molar-refractivity contribution in [1.82, 2.24) is 5.32 Å².